The molecule has 0 bridgehead atoms. The third-order valence-corrected chi connectivity index (χ3v) is 3.02. The van der Waals surface area contributed by atoms with Crippen molar-refractivity contribution in [2.45, 2.75) is 58.8 Å². The van der Waals surface area contributed by atoms with Crippen LogP contribution in [0.3, 0.4) is 0 Å². The molecular weight excluding hydrogens is 132 g/mol. The van der Waals surface area contributed by atoms with Gasteiger partial charge in [0.2, 0.25) is 0 Å². The molecular formula is C11H22. The predicted molar refractivity (Wildman–Crippen MR) is 50.6 cm³/mol. The first-order valence-corrected chi connectivity index (χ1v) is 5.33. The van der Waals surface area contributed by atoms with Gasteiger partial charge in [-0.25, -0.2) is 0 Å². The van der Waals surface area contributed by atoms with E-state index in [1.54, 1.807) is 0 Å². The van der Waals surface area contributed by atoms with Gasteiger partial charge in [-0.3, -0.25) is 0 Å². The van der Waals surface area contributed by atoms with Crippen LogP contribution in [0.2, 0.25) is 0 Å². The summed E-state index contributed by atoms with van der Waals surface area (Å²) in [6.45, 7) is 4.69. The lowest BCUT2D eigenvalue weighted by atomic mass is 9.99. The van der Waals surface area contributed by atoms with E-state index in [4.69, 9.17) is 0 Å². The van der Waals surface area contributed by atoms with Gasteiger partial charge in [0.05, 0.1) is 0 Å². The van der Waals surface area contributed by atoms with Gasteiger partial charge in [0.25, 0.3) is 0 Å². The minimum absolute atomic E-state index is 1.03. The second-order valence-electron chi connectivity index (χ2n) is 4.28. The standard InChI is InChI=1S/C11H22/c1-3-4-5-6-11-8-7-10(2)9-11/h10-11H,3-9H2,1-2H3/t10-,11-/m1/s1. The average molecular weight is 154 g/mol. The van der Waals surface area contributed by atoms with E-state index in [0.29, 0.717) is 0 Å². The van der Waals surface area contributed by atoms with Gasteiger partial charge in [-0.05, 0) is 18.3 Å². The van der Waals surface area contributed by atoms with Crippen LogP contribution in [-0.2, 0) is 0 Å². The molecule has 11 heavy (non-hydrogen) atoms. The molecule has 0 unspecified atom stereocenters. The number of hydrogen-bond donors (Lipinski definition) is 0. The first-order valence-electron chi connectivity index (χ1n) is 5.33. The molecule has 1 aliphatic rings. The van der Waals surface area contributed by atoms with Crippen molar-refractivity contribution in [3.63, 3.8) is 0 Å². The minimum Gasteiger partial charge on any atom is -0.0654 e. The fourth-order valence-corrected chi connectivity index (χ4v) is 2.27. The molecule has 0 saturated heterocycles. The average Bonchev–Trinajstić information content (AvgIpc) is 2.37. The lowest BCUT2D eigenvalue weighted by molar-refractivity contribution is 0.454. The van der Waals surface area contributed by atoms with E-state index in [1.807, 2.05) is 0 Å². The Balaban J connectivity index is 1.99. The quantitative estimate of drug-likeness (QED) is 0.537. The molecule has 0 aromatic heterocycles. The van der Waals surface area contributed by atoms with Crippen LogP contribution in [0, 0.1) is 11.8 Å². The lowest BCUT2D eigenvalue weighted by Gasteiger charge is -2.07. The topological polar surface area (TPSA) is 0 Å². The van der Waals surface area contributed by atoms with Gasteiger partial charge in [-0.2, -0.15) is 0 Å². The van der Waals surface area contributed by atoms with E-state index in [1.165, 1.54) is 44.9 Å². The molecule has 0 aromatic carbocycles. The van der Waals surface area contributed by atoms with Gasteiger partial charge in [0.15, 0.2) is 0 Å². The molecule has 0 N–H and O–H groups in total. The molecule has 0 aromatic rings. The maximum atomic E-state index is 2.40. The van der Waals surface area contributed by atoms with Crippen LogP contribution in [0.5, 0.6) is 0 Å². The fraction of sp³-hybridized carbons (Fsp3) is 1.00. The molecule has 2 atom stereocenters. The molecule has 0 heteroatoms. The second-order valence-corrected chi connectivity index (χ2v) is 4.28. The Morgan fingerprint density at radius 2 is 2.00 bits per heavy atom. The van der Waals surface area contributed by atoms with Gasteiger partial charge in [-0.1, -0.05) is 52.4 Å². The maximum Gasteiger partial charge on any atom is -0.0412 e. The van der Waals surface area contributed by atoms with E-state index < -0.39 is 0 Å². The predicted octanol–water partition coefficient (Wildman–Crippen LogP) is 4.00. The third-order valence-electron chi connectivity index (χ3n) is 3.02. The first-order chi connectivity index (χ1) is 5.33. The Labute approximate surface area is 71.4 Å². The molecule has 1 rings (SSSR count). The summed E-state index contributed by atoms with van der Waals surface area (Å²) in [5, 5.41) is 0. The van der Waals surface area contributed by atoms with E-state index in [0.717, 1.165) is 11.8 Å². The van der Waals surface area contributed by atoms with Crippen LogP contribution in [0.1, 0.15) is 58.8 Å². The molecule has 0 spiro atoms. The zero-order chi connectivity index (χ0) is 8.10. The SMILES string of the molecule is CCCCC[C@@H]1CC[C@@H](C)C1. The summed E-state index contributed by atoms with van der Waals surface area (Å²) in [7, 11) is 0. The Morgan fingerprint density at radius 3 is 2.55 bits per heavy atom. The minimum atomic E-state index is 1.03. The first kappa shape index (κ1) is 9.09. The largest absolute Gasteiger partial charge is 0.0654 e. The van der Waals surface area contributed by atoms with Crippen LogP contribution < -0.4 is 0 Å². The zero-order valence-corrected chi connectivity index (χ0v) is 8.10. The molecule has 0 radical (unpaired) electrons. The van der Waals surface area contributed by atoms with Crippen LogP contribution in [0.4, 0.5) is 0 Å². The van der Waals surface area contributed by atoms with Gasteiger partial charge in [-0.15, -0.1) is 0 Å². The Bertz CT molecular complexity index is 96.2. The highest BCUT2D eigenvalue weighted by Gasteiger charge is 2.20. The molecule has 66 valence electrons. The zero-order valence-electron chi connectivity index (χ0n) is 8.10. The van der Waals surface area contributed by atoms with E-state index >= 15 is 0 Å². The monoisotopic (exact) mass is 154 g/mol. The summed E-state index contributed by atoms with van der Waals surface area (Å²) in [5.41, 5.74) is 0. The van der Waals surface area contributed by atoms with Crippen LogP contribution in [0.25, 0.3) is 0 Å². The number of unbranched alkanes of at least 4 members (excludes halogenated alkanes) is 2. The van der Waals surface area contributed by atoms with Crippen LogP contribution >= 0.6 is 0 Å². The van der Waals surface area contributed by atoms with Crippen molar-refractivity contribution in [1.29, 1.82) is 0 Å². The van der Waals surface area contributed by atoms with Crippen molar-refractivity contribution in [1.82, 2.24) is 0 Å². The molecule has 0 aliphatic heterocycles. The molecule has 0 heterocycles. The van der Waals surface area contributed by atoms with Crippen molar-refractivity contribution >= 4 is 0 Å². The normalized spacial score (nSPS) is 31.1. The highest BCUT2D eigenvalue weighted by atomic mass is 14.3. The smallest absolute Gasteiger partial charge is 0.0412 e. The Hall–Kier alpha value is 0. The van der Waals surface area contributed by atoms with E-state index in [9.17, 15) is 0 Å². The fourth-order valence-electron chi connectivity index (χ4n) is 2.27. The molecule has 1 aliphatic carbocycles. The summed E-state index contributed by atoms with van der Waals surface area (Å²) in [6, 6.07) is 0. The molecule has 0 amide bonds. The van der Waals surface area contributed by atoms with Crippen molar-refractivity contribution in [2.75, 3.05) is 0 Å². The summed E-state index contributed by atoms with van der Waals surface area (Å²) in [4.78, 5) is 0. The molecule has 0 nitrogen and oxygen atoms in total. The van der Waals surface area contributed by atoms with Gasteiger partial charge >= 0.3 is 0 Å². The van der Waals surface area contributed by atoms with Gasteiger partial charge in [0.1, 0.15) is 0 Å². The van der Waals surface area contributed by atoms with Crippen molar-refractivity contribution in [2.24, 2.45) is 11.8 Å². The van der Waals surface area contributed by atoms with Crippen molar-refractivity contribution in [3.8, 4) is 0 Å². The Morgan fingerprint density at radius 1 is 1.18 bits per heavy atom. The maximum absolute atomic E-state index is 2.40. The third kappa shape index (κ3) is 3.27. The summed E-state index contributed by atoms with van der Waals surface area (Å²) in [6.07, 6.45) is 10.4. The Kier molecular flexibility index (Phi) is 3.96. The van der Waals surface area contributed by atoms with Crippen molar-refractivity contribution < 1.29 is 0 Å². The van der Waals surface area contributed by atoms with Gasteiger partial charge in [0, 0.05) is 0 Å². The molecule has 1 fully saturated rings. The second kappa shape index (κ2) is 4.79. The lowest BCUT2D eigenvalue weighted by Crippen LogP contribution is -1.93. The molecule has 1 saturated carbocycles. The van der Waals surface area contributed by atoms with E-state index in [-0.39, 0.29) is 0 Å². The number of hydrogen-bond acceptors (Lipinski definition) is 0. The van der Waals surface area contributed by atoms with Crippen LogP contribution in [0.15, 0.2) is 0 Å². The van der Waals surface area contributed by atoms with Gasteiger partial charge < -0.3 is 0 Å². The van der Waals surface area contributed by atoms with Crippen molar-refractivity contribution in [3.05, 3.63) is 0 Å². The van der Waals surface area contributed by atoms with E-state index in [2.05, 4.69) is 13.8 Å². The highest BCUT2D eigenvalue weighted by Crippen LogP contribution is 2.33. The number of rotatable bonds is 4. The summed E-state index contributed by atoms with van der Waals surface area (Å²) in [5.74, 6) is 2.12. The summed E-state index contributed by atoms with van der Waals surface area (Å²) < 4.78 is 0. The van der Waals surface area contributed by atoms with Crippen LogP contribution in [-0.4, -0.2) is 0 Å². The summed E-state index contributed by atoms with van der Waals surface area (Å²) >= 11 is 0. The highest BCUT2D eigenvalue weighted by molar-refractivity contribution is 4.72.